The van der Waals surface area contributed by atoms with Gasteiger partial charge in [-0.25, -0.2) is 23.2 Å². The van der Waals surface area contributed by atoms with Crippen molar-refractivity contribution in [3.05, 3.63) is 83.9 Å². The van der Waals surface area contributed by atoms with Gasteiger partial charge in [-0.15, -0.1) is 0 Å². The van der Waals surface area contributed by atoms with Crippen molar-refractivity contribution in [1.29, 1.82) is 0 Å². The number of aromatic nitrogens is 2. The highest BCUT2D eigenvalue weighted by Crippen LogP contribution is 2.22. The van der Waals surface area contributed by atoms with E-state index in [0.29, 0.717) is 23.4 Å². The molecule has 1 atom stereocenters. The number of nitrogens with one attached hydrogen (secondary N) is 1. The molecule has 10 nitrogen and oxygen atoms in total. The number of sulfone groups is 1. The largest absolute Gasteiger partial charge is 0.438 e. The molecule has 1 aliphatic heterocycles. The third-order valence-electron chi connectivity index (χ3n) is 5.25. The van der Waals surface area contributed by atoms with E-state index in [1.54, 1.807) is 42.5 Å². The van der Waals surface area contributed by atoms with Crippen LogP contribution >= 0.6 is 0 Å². The van der Waals surface area contributed by atoms with Crippen LogP contribution in [0.25, 0.3) is 0 Å². The number of ether oxygens (including phenoxy) is 1. The lowest BCUT2D eigenvalue weighted by Gasteiger charge is -2.29. The molecule has 1 unspecified atom stereocenters. The van der Waals surface area contributed by atoms with Gasteiger partial charge in [-0.05, 0) is 42.3 Å². The molecule has 1 N–H and O–H groups in total. The van der Waals surface area contributed by atoms with E-state index in [0.717, 1.165) is 11.8 Å². The Morgan fingerprint density at radius 3 is 2.31 bits per heavy atom. The van der Waals surface area contributed by atoms with Gasteiger partial charge in [0, 0.05) is 29.9 Å². The second-order valence-corrected chi connectivity index (χ2v) is 9.86. The van der Waals surface area contributed by atoms with Crippen LogP contribution in [-0.4, -0.2) is 53.5 Å². The van der Waals surface area contributed by atoms with Crippen molar-refractivity contribution in [3.63, 3.8) is 0 Å². The maximum atomic E-state index is 12.5. The van der Waals surface area contributed by atoms with Gasteiger partial charge < -0.3 is 10.1 Å². The number of anilines is 1. The van der Waals surface area contributed by atoms with Crippen LogP contribution in [0, 0.1) is 0 Å². The lowest BCUT2D eigenvalue weighted by Crippen LogP contribution is -2.41. The minimum atomic E-state index is -3.33. The molecule has 11 heteroatoms. The maximum Gasteiger partial charge on any atom is 0.431 e. The smallest absolute Gasteiger partial charge is 0.431 e. The van der Waals surface area contributed by atoms with Gasteiger partial charge in [0.2, 0.25) is 5.82 Å². The zero-order valence-electron chi connectivity index (χ0n) is 19.1. The zero-order chi connectivity index (χ0) is 25.0. The molecule has 4 rings (SSSR count). The summed E-state index contributed by atoms with van der Waals surface area (Å²) in [4.78, 5) is 32.8. The Labute approximate surface area is 202 Å². The van der Waals surface area contributed by atoms with Crippen LogP contribution in [0.2, 0.25) is 0 Å². The van der Waals surface area contributed by atoms with Gasteiger partial charge in [0.05, 0.1) is 11.4 Å². The van der Waals surface area contributed by atoms with Crippen LogP contribution in [-0.2, 0) is 21.1 Å². The number of amides is 2. The molecular formula is C24H23N5O5S. The van der Waals surface area contributed by atoms with Gasteiger partial charge in [-0.2, -0.15) is 10.1 Å². The van der Waals surface area contributed by atoms with Crippen LogP contribution in [0.3, 0.4) is 0 Å². The third kappa shape index (κ3) is 5.69. The number of hydrogen-bond acceptors (Lipinski definition) is 8. The molecule has 0 saturated heterocycles. The molecular weight excluding hydrogens is 470 g/mol. The fourth-order valence-corrected chi connectivity index (χ4v) is 4.07. The van der Waals surface area contributed by atoms with Crippen molar-refractivity contribution in [1.82, 2.24) is 15.0 Å². The average Bonchev–Trinajstić information content (AvgIpc) is 2.86. The quantitative estimate of drug-likeness (QED) is 0.534. The number of benzene rings is 2. The molecule has 0 saturated carbocycles. The molecule has 0 spiro atoms. The fraction of sp³-hybridized carbons (Fsp3) is 0.208. The predicted molar refractivity (Wildman–Crippen MR) is 129 cm³/mol. The van der Waals surface area contributed by atoms with E-state index in [4.69, 9.17) is 4.74 Å². The number of carbonyl (C=O) groups is 2. The van der Waals surface area contributed by atoms with E-state index >= 15 is 0 Å². The third-order valence-corrected chi connectivity index (χ3v) is 6.38. The minimum Gasteiger partial charge on any atom is -0.438 e. The number of hydrazone groups is 1. The Morgan fingerprint density at radius 2 is 1.71 bits per heavy atom. The molecule has 0 bridgehead atoms. The summed E-state index contributed by atoms with van der Waals surface area (Å²) >= 11 is 0. The molecule has 2 amide bonds. The summed E-state index contributed by atoms with van der Waals surface area (Å²) in [5, 5.41) is 8.46. The molecule has 1 aliphatic rings. The molecule has 2 heterocycles. The molecule has 0 fully saturated rings. The molecule has 1 aromatic heterocycles. The molecule has 180 valence electrons. The van der Waals surface area contributed by atoms with Crippen molar-refractivity contribution in [2.75, 3.05) is 11.6 Å². The average molecular weight is 494 g/mol. The standard InChI is InChI=1S/C24H23N5O5S/c1-3-20-21(17-7-11-19(12-8-17)35(2,32)33)28-29(24(31)34-20)15-16-5-9-18(10-6-16)27-23(30)22-25-13-4-14-26-22/h4-14,20H,3,15H2,1-2H3,(H,27,30). The lowest BCUT2D eigenvalue weighted by atomic mass is 10.0. The Kier molecular flexibility index (Phi) is 6.87. The van der Waals surface area contributed by atoms with Crippen LogP contribution in [0.1, 0.15) is 35.1 Å². The van der Waals surface area contributed by atoms with Gasteiger partial charge in [0.25, 0.3) is 5.91 Å². The van der Waals surface area contributed by atoms with Crippen molar-refractivity contribution in [2.45, 2.75) is 30.9 Å². The van der Waals surface area contributed by atoms with Gasteiger partial charge in [0.1, 0.15) is 11.8 Å². The second kappa shape index (κ2) is 10.0. The first-order valence-corrected chi connectivity index (χ1v) is 12.7. The van der Waals surface area contributed by atoms with E-state index < -0.39 is 27.9 Å². The summed E-state index contributed by atoms with van der Waals surface area (Å²) in [6, 6.07) is 14.9. The number of carbonyl (C=O) groups excluding carboxylic acids is 2. The Morgan fingerprint density at radius 1 is 1.06 bits per heavy atom. The first-order chi connectivity index (χ1) is 16.7. The van der Waals surface area contributed by atoms with E-state index in [-0.39, 0.29) is 17.3 Å². The summed E-state index contributed by atoms with van der Waals surface area (Å²) in [6.07, 6.45) is 3.52. The van der Waals surface area contributed by atoms with Crippen LogP contribution in [0.15, 0.2) is 77.0 Å². The number of cyclic esters (lactones) is 1. The first-order valence-electron chi connectivity index (χ1n) is 10.8. The van der Waals surface area contributed by atoms with Crippen molar-refractivity contribution in [3.8, 4) is 0 Å². The molecule has 2 aromatic carbocycles. The second-order valence-electron chi connectivity index (χ2n) is 7.84. The summed E-state index contributed by atoms with van der Waals surface area (Å²) in [6.45, 7) is 2.03. The summed E-state index contributed by atoms with van der Waals surface area (Å²) < 4.78 is 29.1. The molecule has 3 aromatic rings. The van der Waals surface area contributed by atoms with Gasteiger partial charge >= 0.3 is 6.09 Å². The van der Waals surface area contributed by atoms with E-state index in [1.807, 2.05) is 6.92 Å². The van der Waals surface area contributed by atoms with E-state index in [1.165, 1.54) is 29.5 Å². The Bertz CT molecular complexity index is 1360. The number of rotatable bonds is 7. The normalized spacial score (nSPS) is 15.8. The molecule has 0 aliphatic carbocycles. The van der Waals surface area contributed by atoms with Crippen LogP contribution in [0.4, 0.5) is 10.5 Å². The monoisotopic (exact) mass is 493 g/mol. The first kappa shape index (κ1) is 24.0. The van der Waals surface area contributed by atoms with E-state index in [9.17, 15) is 18.0 Å². The van der Waals surface area contributed by atoms with Gasteiger partial charge in [0.15, 0.2) is 9.84 Å². The van der Waals surface area contributed by atoms with E-state index in [2.05, 4.69) is 20.4 Å². The fourth-order valence-electron chi connectivity index (χ4n) is 3.44. The lowest BCUT2D eigenvalue weighted by molar-refractivity contribution is 0.0712. The number of hydrogen-bond donors (Lipinski definition) is 1. The van der Waals surface area contributed by atoms with Crippen molar-refractivity contribution < 1.29 is 22.7 Å². The molecule has 35 heavy (non-hydrogen) atoms. The predicted octanol–water partition coefficient (Wildman–Crippen LogP) is 3.27. The SMILES string of the molecule is CCC1OC(=O)N(Cc2ccc(NC(=O)c3ncccn3)cc2)N=C1c1ccc(S(C)(=O)=O)cc1. The highest BCUT2D eigenvalue weighted by atomic mass is 32.2. The van der Waals surface area contributed by atoms with Crippen LogP contribution in [0.5, 0.6) is 0 Å². The topological polar surface area (TPSA) is 131 Å². The number of nitrogens with zero attached hydrogens (tertiary/aromatic N) is 4. The van der Waals surface area contributed by atoms with Gasteiger partial charge in [-0.3, -0.25) is 4.79 Å². The maximum absolute atomic E-state index is 12.5. The van der Waals surface area contributed by atoms with Gasteiger partial charge in [-0.1, -0.05) is 31.2 Å². The highest BCUT2D eigenvalue weighted by Gasteiger charge is 2.30. The van der Waals surface area contributed by atoms with Crippen molar-refractivity contribution in [2.24, 2.45) is 5.10 Å². The van der Waals surface area contributed by atoms with Crippen molar-refractivity contribution >= 4 is 33.2 Å². The highest BCUT2D eigenvalue weighted by molar-refractivity contribution is 7.90. The minimum absolute atomic E-state index is 0.0598. The zero-order valence-corrected chi connectivity index (χ0v) is 19.9. The summed E-state index contributed by atoms with van der Waals surface area (Å²) in [5.74, 6) is -0.371. The molecule has 0 radical (unpaired) electrons. The summed E-state index contributed by atoms with van der Waals surface area (Å²) in [7, 11) is -3.33. The Balaban J connectivity index is 1.50. The van der Waals surface area contributed by atoms with Crippen LogP contribution < -0.4 is 5.32 Å². The summed E-state index contributed by atoms with van der Waals surface area (Å²) in [5.41, 5.74) is 2.52. The Hall–Kier alpha value is -4.12.